The van der Waals surface area contributed by atoms with E-state index in [0.717, 1.165) is 12.8 Å². The summed E-state index contributed by atoms with van der Waals surface area (Å²) in [5.74, 6) is -0.393. The zero-order valence-corrected chi connectivity index (χ0v) is 18.4. The first-order valence-electron chi connectivity index (χ1n) is 8.72. The van der Waals surface area contributed by atoms with E-state index in [0.29, 0.717) is 59.6 Å². The Morgan fingerprint density at radius 2 is 1.23 bits per heavy atom. The van der Waals surface area contributed by atoms with Crippen LogP contribution >= 0.6 is 31.9 Å². The Morgan fingerprint density at radius 1 is 0.846 bits per heavy atom. The van der Waals surface area contributed by atoms with E-state index in [1.807, 2.05) is 13.8 Å². The second-order valence-corrected chi connectivity index (χ2v) is 7.13. The SMILES string of the molecule is CCOCCCNC(=O)c1cc(Br)c(C(=O)NCCCOCC)cc1Br. The number of nitrogens with one attached hydrogen (secondary N) is 2. The molecule has 26 heavy (non-hydrogen) atoms. The monoisotopic (exact) mass is 492 g/mol. The Labute approximate surface area is 171 Å². The van der Waals surface area contributed by atoms with Crippen molar-refractivity contribution in [3.05, 3.63) is 32.2 Å². The molecule has 0 aliphatic heterocycles. The van der Waals surface area contributed by atoms with E-state index in [-0.39, 0.29) is 11.8 Å². The van der Waals surface area contributed by atoms with Crippen LogP contribution in [0.2, 0.25) is 0 Å². The van der Waals surface area contributed by atoms with Gasteiger partial charge in [-0.3, -0.25) is 9.59 Å². The molecule has 1 rings (SSSR count). The molecule has 6 nitrogen and oxygen atoms in total. The van der Waals surface area contributed by atoms with Gasteiger partial charge in [0.1, 0.15) is 0 Å². The minimum Gasteiger partial charge on any atom is -0.382 e. The smallest absolute Gasteiger partial charge is 0.252 e. The van der Waals surface area contributed by atoms with Crippen LogP contribution in [0.5, 0.6) is 0 Å². The van der Waals surface area contributed by atoms with E-state index in [4.69, 9.17) is 9.47 Å². The maximum atomic E-state index is 12.3. The number of benzene rings is 1. The molecule has 0 unspecified atom stereocenters. The topological polar surface area (TPSA) is 76.7 Å². The van der Waals surface area contributed by atoms with Crippen molar-refractivity contribution in [1.82, 2.24) is 10.6 Å². The Balaban J connectivity index is 2.60. The molecule has 0 bridgehead atoms. The average molecular weight is 494 g/mol. The van der Waals surface area contributed by atoms with Crippen LogP contribution < -0.4 is 10.6 Å². The summed E-state index contributed by atoms with van der Waals surface area (Å²) in [6.07, 6.45) is 1.50. The van der Waals surface area contributed by atoms with Gasteiger partial charge in [-0.1, -0.05) is 0 Å². The van der Waals surface area contributed by atoms with Gasteiger partial charge in [0, 0.05) is 48.5 Å². The Kier molecular flexibility index (Phi) is 11.8. The molecule has 1 aromatic rings. The van der Waals surface area contributed by atoms with Crippen molar-refractivity contribution in [3.63, 3.8) is 0 Å². The van der Waals surface area contributed by atoms with Gasteiger partial charge in [-0.05, 0) is 70.7 Å². The third-order valence-electron chi connectivity index (χ3n) is 3.46. The first-order valence-corrected chi connectivity index (χ1v) is 10.3. The fraction of sp³-hybridized carbons (Fsp3) is 0.556. The highest BCUT2D eigenvalue weighted by Crippen LogP contribution is 2.26. The summed E-state index contributed by atoms with van der Waals surface area (Å²) in [6, 6.07) is 3.30. The van der Waals surface area contributed by atoms with E-state index < -0.39 is 0 Å². The zero-order valence-electron chi connectivity index (χ0n) is 15.2. The zero-order chi connectivity index (χ0) is 19.4. The average Bonchev–Trinajstić information content (AvgIpc) is 2.62. The predicted octanol–water partition coefficient (Wildman–Crippen LogP) is 3.52. The van der Waals surface area contributed by atoms with Crippen LogP contribution in [0, 0.1) is 0 Å². The fourth-order valence-corrected chi connectivity index (χ4v) is 3.17. The highest BCUT2D eigenvalue weighted by Gasteiger charge is 2.17. The fourth-order valence-electron chi connectivity index (χ4n) is 2.13. The van der Waals surface area contributed by atoms with Crippen LogP contribution in [-0.2, 0) is 9.47 Å². The van der Waals surface area contributed by atoms with Gasteiger partial charge in [0.15, 0.2) is 0 Å². The van der Waals surface area contributed by atoms with Gasteiger partial charge in [0.05, 0.1) is 11.1 Å². The molecule has 0 fully saturated rings. The molecular formula is C18H26Br2N2O4. The Hall–Kier alpha value is -0.960. The van der Waals surface area contributed by atoms with Gasteiger partial charge in [0.2, 0.25) is 0 Å². The molecule has 0 aromatic heterocycles. The number of amides is 2. The summed E-state index contributed by atoms with van der Waals surface area (Å²) in [5.41, 5.74) is 0.947. The maximum absolute atomic E-state index is 12.3. The van der Waals surface area contributed by atoms with Crippen LogP contribution in [0.15, 0.2) is 21.1 Å². The van der Waals surface area contributed by atoms with Gasteiger partial charge < -0.3 is 20.1 Å². The van der Waals surface area contributed by atoms with E-state index in [2.05, 4.69) is 42.5 Å². The predicted molar refractivity (Wildman–Crippen MR) is 109 cm³/mol. The van der Waals surface area contributed by atoms with Crippen molar-refractivity contribution in [2.24, 2.45) is 0 Å². The number of carbonyl (C=O) groups excluding carboxylic acids is 2. The number of rotatable bonds is 12. The number of carbonyl (C=O) groups is 2. The minimum absolute atomic E-state index is 0.197. The maximum Gasteiger partial charge on any atom is 0.252 e. The summed E-state index contributed by atoms with van der Waals surface area (Å²) in [5, 5.41) is 5.69. The molecule has 0 radical (unpaired) electrons. The van der Waals surface area contributed by atoms with E-state index in [1.54, 1.807) is 12.1 Å². The molecule has 2 N–H and O–H groups in total. The van der Waals surface area contributed by atoms with Crippen LogP contribution in [0.4, 0.5) is 0 Å². The largest absolute Gasteiger partial charge is 0.382 e. The van der Waals surface area contributed by atoms with Gasteiger partial charge >= 0.3 is 0 Å². The van der Waals surface area contributed by atoms with Crippen LogP contribution in [0.1, 0.15) is 47.4 Å². The molecule has 0 spiro atoms. The molecule has 0 heterocycles. The lowest BCUT2D eigenvalue weighted by Crippen LogP contribution is -2.27. The standard InChI is InChI=1S/C18H26Br2N2O4/c1-3-25-9-5-7-21-17(23)13-11-16(20)14(12-15(13)19)18(24)22-8-6-10-26-4-2/h11-12H,3-10H2,1-2H3,(H,21,23)(H,22,24). The number of halogens is 2. The summed E-state index contributed by atoms with van der Waals surface area (Å²) in [4.78, 5) is 24.6. The lowest BCUT2D eigenvalue weighted by molar-refractivity contribution is 0.0930. The van der Waals surface area contributed by atoms with Crippen molar-refractivity contribution in [1.29, 1.82) is 0 Å². The highest BCUT2D eigenvalue weighted by atomic mass is 79.9. The molecular weight excluding hydrogens is 468 g/mol. The van der Waals surface area contributed by atoms with Crippen molar-refractivity contribution >= 4 is 43.7 Å². The second-order valence-electron chi connectivity index (χ2n) is 5.42. The molecule has 0 aliphatic rings. The summed E-state index contributed by atoms with van der Waals surface area (Å²) >= 11 is 6.76. The molecule has 0 saturated heterocycles. The summed E-state index contributed by atoms with van der Waals surface area (Å²) < 4.78 is 11.6. The molecule has 8 heteroatoms. The Bertz CT molecular complexity index is 545. The molecule has 146 valence electrons. The van der Waals surface area contributed by atoms with Crippen LogP contribution in [0.25, 0.3) is 0 Å². The number of ether oxygens (including phenoxy) is 2. The second kappa shape index (κ2) is 13.2. The quantitative estimate of drug-likeness (QED) is 0.437. The normalized spacial score (nSPS) is 10.6. The molecule has 0 aliphatic carbocycles. The van der Waals surface area contributed by atoms with Gasteiger partial charge in [0.25, 0.3) is 11.8 Å². The minimum atomic E-state index is -0.197. The lowest BCUT2D eigenvalue weighted by atomic mass is 10.1. The third kappa shape index (κ3) is 8.16. The van der Waals surface area contributed by atoms with E-state index in [9.17, 15) is 9.59 Å². The number of hydrogen-bond acceptors (Lipinski definition) is 4. The van der Waals surface area contributed by atoms with E-state index >= 15 is 0 Å². The van der Waals surface area contributed by atoms with Crippen LogP contribution in [0.3, 0.4) is 0 Å². The molecule has 0 atom stereocenters. The van der Waals surface area contributed by atoms with Crippen molar-refractivity contribution in [2.75, 3.05) is 39.5 Å². The van der Waals surface area contributed by atoms with Crippen molar-refractivity contribution < 1.29 is 19.1 Å². The van der Waals surface area contributed by atoms with Gasteiger partial charge in [-0.15, -0.1) is 0 Å². The summed E-state index contributed by atoms with van der Waals surface area (Å²) in [6.45, 7) is 7.50. The Morgan fingerprint density at radius 3 is 1.58 bits per heavy atom. The third-order valence-corrected chi connectivity index (χ3v) is 4.77. The van der Waals surface area contributed by atoms with Gasteiger partial charge in [-0.25, -0.2) is 0 Å². The van der Waals surface area contributed by atoms with Gasteiger partial charge in [-0.2, -0.15) is 0 Å². The summed E-state index contributed by atoms with van der Waals surface area (Å²) in [7, 11) is 0. The first kappa shape index (κ1) is 23.1. The van der Waals surface area contributed by atoms with Crippen molar-refractivity contribution in [2.45, 2.75) is 26.7 Å². The number of hydrogen-bond donors (Lipinski definition) is 2. The first-order chi connectivity index (χ1) is 12.5. The highest BCUT2D eigenvalue weighted by molar-refractivity contribution is 9.11. The molecule has 0 saturated carbocycles. The van der Waals surface area contributed by atoms with E-state index in [1.165, 1.54) is 0 Å². The van der Waals surface area contributed by atoms with Crippen molar-refractivity contribution in [3.8, 4) is 0 Å². The molecule has 2 amide bonds. The molecule has 1 aromatic carbocycles. The van der Waals surface area contributed by atoms with Crippen LogP contribution in [-0.4, -0.2) is 51.3 Å². The lowest BCUT2D eigenvalue weighted by Gasteiger charge is -2.11.